The van der Waals surface area contributed by atoms with E-state index in [0.29, 0.717) is 0 Å². The summed E-state index contributed by atoms with van der Waals surface area (Å²) in [6.07, 6.45) is 3.99. The van der Waals surface area contributed by atoms with Gasteiger partial charge in [0.2, 0.25) is 0 Å². The number of nitrogens with zero attached hydrogens (tertiary/aromatic N) is 1. The van der Waals surface area contributed by atoms with Crippen LogP contribution in [-0.4, -0.2) is 13.1 Å². The van der Waals surface area contributed by atoms with Gasteiger partial charge < -0.3 is 5.32 Å². The Bertz CT molecular complexity index is 196. The van der Waals surface area contributed by atoms with Crippen LogP contribution in [0, 0.1) is 22.7 Å². The van der Waals surface area contributed by atoms with Crippen LogP contribution in [0.15, 0.2) is 12.7 Å². The Hall–Kier alpha value is -0.810. The van der Waals surface area contributed by atoms with E-state index in [9.17, 15) is 0 Å². The molecule has 66 valence electrons. The molecule has 1 fully saturated rings. The molecule has 0 saturated carbocycles. The van der Waals surface area contributed by atoms with Gasteiger partial charge in [-0.05, 0) is 25.3 Å². The highest BCUT2D eigenvalue weighted by Crippen LogP contribution is 2.34. The van der Waals surface area contributed by atoms with Gasteiger partial charge in [-0.2, -0.15) is 5.26 Å². The summed E-state index contributed by atoms with van der Waals surface area (Å²) in [7, 11) is 0. The van der Waals surface area contributed by atoms with Crippen LogP contribution in [0.5, 0.6) is 0 Å². The van der Waals surface area contributed by atoms with Crippen molar-refractivity contribution in [2.45, 2.75) is 19.8 Å². The number of hydrogen-bond acceptors (Lipinski definition) is 2. The molecular formula is C10H16N2. The van der Waals surface area contributed by atoms with Crippen LogP contribution in [0.25, 0.3) is 0 Å². The van der Waals surface area contributed by atoms with Crippen LogP contribution in [-0.2, 0) is 0 Å². The fourth-order valence-electron chi connectivity index (χ4n) is 1.74. The lowest BCUT2D eigenvalue weighted by Gasteiger charge is -2.35. The maximum atomic E-state index is 9.11. The molecular weight excluding hydrogens is 148 g/mol. The number of piperidine rings is 1. The van der Waals surface area contributed by atoms with Gasteiger partial charge in [-0.1, -0.05) is 13.0 Å². The highest BCUT2D eigenvalue weighted by atomic mass is 14.9. The number of nitrogens with one attached hydrogen (secondary N) is 1. The molecule has 2 atom stereocenters. The minimum Gasteiger partial charge on any atom is -0.315 e. The Balaban J connectivity index is 2.74. The monoisotopic (exact) mass is 164 g/mol. The molecule has 2 unspecified atom stereocenters. The average molecular weight is 164 g/mol. The predicted molar refractivity (Wildman–Crippen MR) is 49.5 cm³/mol. The molecule has 1 N–H and O–H groups in total. The molecule has 0 radical (unpaired) electrons. The first kappa shape index (κ1) is 9.28. The molecule has 1 saturated heterocycles. The van der Waals surface area contributed by atoms with Gasteiger partial charge >= 0.3 is 0 Å². The van der Waals surface area contributed by atoms with Crippen LogP contribution in [0.1, 0.15) is 19.8 Å². The lowest BCUT2D eigenvalue weighted by Crippen LogP contribution is -2.42. The maximum Gasteiger partial charge on any atom is 0.0758 e. The van der Waals surface area contributed by atoms with Crippen molar-refractivity contribution in [3.63, 3.8) is 0 Å². The number of allylic oxidation sites excluding steroid dienone is 1. The summed E-state index contributed by atoms with van der Waals surface area (Å²) in [5.74, 6) is 0.287. The molecule has 0 aliphatic carbocycles. The van der Waals surface area contributed by atoms with Crippen molar-refractivity contribution in [2.75, 3.05) is 13.1 Å². The molecule has 1 aliphatic rings. The highest BCUT2D eigenvalue weighted by Gasteiger charge is 2.35. The molecule has 2 nitrogen and oxygen atoms in total. The molecule has 1 rings (SSSR count). The van der Waals surface area contributed by atoms with Crippen LogP contribution < -0.4 is 5.32 Å². The Labute approximate surface area is 74.3 Å². The van der Waals surface area contributed by atoms with Crippen molar-refractivity contribution in [3.8, 4) is 6.07 Å². The first-order valence-electron chi connectivity index (χ1n) is 4.50. The lowest BCUT2D eigenvalue weighted by molar-refractivity contribution is 0.228. The van der Waals surface area contributed by atoms with E-state index >= 15 is 0 Å². The molecule has 0 bridgehead atoms. The first-order chi connectivity index (χ1) is 5.75. The van der Waals surface area contributed by atoms with Gasteiger partial charge in [0.1, 0.15) is 0 Å². The molecule has 0 spiro atoms. The lowest BCUT2D eigenvalue weighted by atomic mass is 9.72. The number of nitriles is 1. The summed E-state index contributed by atoms with van der Waals surface area (Å²) in [5, 5.41) is 12.4. The van der Waals surface area contributed by atoms with Crippen LogP contribution >= 0.6 is 0 Å². The normalized spacial score (nSPS) is 32.0. The topological polar surface area (TPSA) is 35.8 Å². The Morgan fingerprint density at radius 2 is 2.50 bits per heavy atom. The van der Waals surface area contributed by atoms with Crippen LogP contribution in [0.2, 0.25) is 0 Å². The van der Waals surface area contributed by atoms with Crippen molar-refractivity contribution in [1.29, 1.82) is 5.26 Å². The largest absolute Gasteiger partial charge is 0.315 e. The van der Waals surface area contributed by atoms with Crippen molar-refractivity contribution < 1.29 is 0 Å². The van der Waals surface area contributed by atoms with Gasteiger partial charge in [-0.25, -0.2) is 0 Å². The minimum atomic E-state index is -0.194. The van der Waals surface area contributed by atoms with E-state index in [1.54, 1.807) is 0 Å². The molecule has 1 aliphatic heterocycles. The van der Waals surface area contributed by atoms with Gasteiger partial charge in [-0.15, -0.1) is 6.58 Å². The first-order valence-corrected chi connectivity index (χ1v) is 4.50. The summed E-state index contributed by atoms with van der Waals surface area (Å²) >= 11 is 0. The standard InChI is InChI=1S/C10H16N2/c1-3-9(2)10(7-11)5-4-6-12-8-10/h3,9,12H,1,4-6,8H2,2H3. The van der Waals surface area contributed by atoms with E-state index in [0.717, 1.165) is 25.9 Å². The zero-order chi connectivity index (χ0) is 9.03. The minimum absolute atomic E-state index is 0.194. The van der Waals surface area contributed by atoms with Crippen molar-refractivity contribution in [1.82, 2.24) is 5.32 Å². The maximum absolute atomic E-state index is 9.11. The van der Waals surface area contributed by atoms with Gasteiger partial charge in [0.05, 0.1) is 11.5 Å². The Morgan fingerprint density at radius 1 is 1.75 bits per heavy atom. The third-order valence-electron chi connectivity index (χ3n) is 2.86. The van der Waals surface area contributed by atoms with Crippen molar-refractivity contribution in [2.24, 2.45) is 11.3 Å². The van der Waals surface area contributed by atoms with E-state index in [1.165, 1.54) is 0 Å². The average Bonchev–Trinajstić information content (AvgIpc) is 2.17. The fraction of sp³-hybridized carbons (Fsp3) is 0.700. The zero-order valence-corrected chi connectivity index (χ0v) is 7.64. The Morgan fingerprint density at radius 3 is 2.92 bits per heavy atom. The smallest absolute Gasteiger partial charge is 0.0758 e. The summed E-state index contributed by atoms with van der Waals surface area (Å²) in [5.41, 5.74) is -0.194. The van der Waals surface area contributed by atoms with Gasteiger partial charge in [-0.3, -0.25) is 0 Å². The highest BCUT2D eigenvalue weighted by molar-refractivity contribution is 5.09. The van der Waals surface area contributed by atoms with Crippen LogP contribution in [0.4, 0.5) is 0 Å². The molecule has 0 amide bonds. The summed E-state index contributed by atoms with van der Waals surface area (Å²) in [4.78, 5) is 0. The summed E-state index contributed by atoms with van der Waals surface area (Å²) in [6.45, 7) is 7.69. The molecule has 1 heterocycles. The predicted octanol–water partition coefficient (Wildman–Crippen LogP) is 1.70. The second kappa shape index (κ2) is 3.73. The van der Waals surface area contributed by atoms with Crippen LogP contribution in [0.3, 0.4) is 0 Å². The van der Waals surface area contributed by atoms with Crippen molar-refractivity contribution >= 4 is 0 Å². The third-order valence-corrected chi connectivity index (χ3v) is 2.86. The van der Waals surface area contributed by atoms with E-state index in [-0.39, 0.29) is 11.3 Å². The molecule has 12 heavy (non-hydrogen) atoms. The second-order valence-electron chi connectivity index (χ2n) is 3.57. The van der Waals surface area contributed by atoms with E-state index < -0.39 is 0 Å². The van der Waals surface area contributed by atoms with Gasteiger partial charge in [0.15, 0.2) is 0 Å². The van der Waals surface area contributed by atoms with E-state index in [1.807, 2.05) is 6.08 Å². The fourth-order valence-corrected chi connectivity index (χ4v) is 1.74. The molecule has 0 aromatic rings. The number of rotatable bonds is 2. The van der Waals surface area contributed by atoms with Gasteiger partial charge in [0.25, 0.3) is 0 Å². The summed E-state index contributed by atoms with van der Waals surface area (Å²) < 4.78 is 0. The molecule has 2 heteroatoms. The SMILES string of the molecule is C=CC(C)C1(C#N)CCCNC1. The molecule has 0 aromatic heterocycles. The molecule has 0 aromatic carbocycles. The number of hydrogen-bond donors (Lipinski definition) is 1. The second-order valence-corrected chi connectivity index (χ2v) is 3.57. The zero-order valence-electron chi connectivity index (χ0n) is 7.64. The van der Waals surface area contributed by atoms with Gasteiger partial charge in [0, 0.05) is 6.54 Å². The quantitative estimate of drug-likeness (QED) is 0.630. The Kier molecular flexibility index (Phi) is 2.88. The van der Waals surface area contributed by atoms with Crippen molar-refractivity contribution in [3.05, 3.63) is 12.7 Å². The summed E-state index contributed by atoms with van der Waals surface area (Å²) in [6, 6.07) is 2.43. The van der Waals surface area contributed by atoms with E-state index in [4.69, 9.17) is 5.26 Å². The van der Waals surface area contributed by atoms with E-state index in [2.05, 4.69) is 24.9 Å². The third kappa shape index (κ3) is 1.51.